The minimum atomic E-state index is -0.730. The van der Waals surface area contributed by atoms with Gasteiger partial charge in [-0.05, 0) is 13.0 Å². The van der Waals surface area contributed by atoms with Crippen LogP contribution in [0.4, 0.5) is 5.69 Å². The van der Waals surface area contributed by atoms with Gasteiger partial charge < -0.3 is 0 Å². The first-order valence-electron chi connectivity index (χ1n) is 3.91. The van der Waals surface area contributed by atoms with Crippen LogP contribution in [-0.4, -0.2) is 17.0 Å². The van der Waals surface area contributed by atoms with Crippen molar-refractivity contribution in [2.24, 2.45) is 0 Å². The van der Waals surface area contributed by atoms with E-state index in [1.165, 1.54) is 6.92 Å². The number of aldehydes is 1. The number of Topliss-reactive ketones (excluding diaryl/α,β-unsaturated/α-hetero) is 1. The Hall–Kier alpha value is -1.75. The number of carbonyl (C=O) groups is 2. The Balaban J connectivity index is 3.50. The third-order valence-electron chi connectivity index (χ3n) is 1.82. The van der Waals surface area contributed by atoms with Gasteiger partial charge in [0.1, 0.15) is 0 Å². The van der Waals surface area contributed by atoms with Crippen molar-refractivity contribution in [3.8, 4) is 0 Å². The summed E-state index contributed by atoms with van der Waals surface area (Å²) < 4.78 is 0. The summed E-state index contributed by atoms with van der Waals surface area (Å²) in [6, 6.07) is 2.12. The van der Waals surface area contributed by atoms with Gasteiger partial charge in [-0.15, -0.1) is 0 Å². The van der Waals surface area contributed by atoms with E-state index < -0.39 is 10.6 Å². The number of hydrogen-bond acceptors (Lipinski definition) is 4. The van der Waals surface area contributed by atoms with E-state index in [9.17, 15) is 19.7 Å². The van der Waals surface area contributed by atoms with Crippen molar-refractivity contribution in [1.82, 2.24) is 0 Å². The van der Waals surface area contributed by atoms with Crippen LogP contribution >= 0.6 is 11.6 Å². The molecule has 1 rings (SSSR count). The predicted octanol–water partition coefficient (Wildman–Crippen LogP) is 2.26. The van der Waals surface area contributed by atoms with E-state index in [1.54, 1.807) is 0 Å². The maximum absolute atomic E-state index is 11.0. The monoisotopic (exact) mass is 227 g/mol. The van der Waals surface area contributed by atoms with Crippen molar-refractivity contribution >= 4 is 29.4 Å². The number of nitrogens with zero attached hydrogens (tertiary/aromatic N) is 1. The maximum Gasteiger partial charge on any atom is 0.280 e. The third-order valence-corrected chi connectivity index (χ3v) is 2.13. The van der Waals surface area contributed by atoms with Crippen LogP contribution in [-0.2, 0) is 0 Å². The molecule has 0 heterocycles. The van der Waals surface area contributed by atoms with Crippen LogP contribution in [0.2, 0.25) is 5.02 Å². The number of ketones is 1. The van der Waals surface area contributed by atoms with E-state index in [1.807, 2.05) is 0 Å². The number of benzene rings is 1. The molecule has 0 aromatic heterocycles. The molecule has 0 unspecified atom stereocenters. The lowest BCUT2D eigenvalue weighted by molar-refractivity contribution is -0.385. The zero-order valence-corrected chi connectivity index (χ0v) is 8.45. The molecule has 0 aliphatic heterocycles. The molecule has 0 amide bonds. The van der Waals surface area contributed by atoms with Crippen molar-refractivity contribution < 1.29 is 14.5 Å². The molecule has 0 radical (unpaired) electrons. The first-order valence-corrected chi connectivity index (χ1v) is 4.29. The molecule has 78 valence electrons. The van der Waals surface area contributed by atoms with Gasteiger partial charge in [0.05, 0.1) is 15.5 Å². The molecule has 0 atom stereocenters. The highest BCUT2D eigenvalue weighted by molar-refractivity contribution is 6.34. The van der Waals surface area contributed by atoms with Crippen LogP contribution in [0.3, 0.4) is 0 Å². The molecule has 0 aliphatic rings. The summed E-state index contributed by atoms with van der Waals surface area (Å²) in [4.78, 5) is 31.4. The fraction of sp³-hybridized carbons (Fsp3) is 0.111. The molecule has 1 aromatic carbocycles. The van der Waals surface area contributed by atoms with Crippen molar-refractivity contribution in [3.05, 3.63) is 38.4 Å². The molecule has 0 saturated heterocycles. The van der Waals surface area contributed by atoms with Crippen LogP contribution in [0, 0.1) is 10.1 Å². The fourth-order valence-corrected chi connectivity index (χ4v) is 1.40. The second kappa shape index (κ2) is 4.18. The van der Waals surface area contributed by atoms with Gasteiger partial charge in [-0.25, -0.2) is 0 Å². The standard InChI is InChI=1S/C9H6ClNO4/c1-5(13)7-3-9(11(14)15)6(4-12)2-8(7)10/h2-4H,1H3. The van der Waals surface area contributed by atoms with Gasteiger partial charge in [-0.3, -0.25) is 19.7 Å². The van der Waals surface area contributed by atoms with Crippen molar-refractivity contribution in [2.45, 2.75) is 6.92 Å². The van der Waals surface area contributed by atoms with Gasteiger partial charge in [0.2, 0.25) is 0 Å². The Labute approximate surface area is 89.8 Å². The average molecular weight is 228 g/mol. The van der Waals surface area contributed by atoms with E-state index in [-0.39, 0.29) is 21.9 Å². The van der Waals surface area contributed by atoms with Crippen molar-refractivity contribution in [2.75, 3.05) is 0 Å². The molecular weight excluding hydrogens is 222 g/mol. The van der Waals surface area contributed by atoms with Crippen LogP contribution in [0.5, 0.6) is 0 Å². The smallest absolute Gasteiger partial charge is 0.280 e. The number of rotatable bonds is 3. The Morgan fingerprint density at radius 2 is 2.13 bits per heavy atom. The van der Waals surface area contributed by atoms with E-state index in [4.69, 9.17) is 11.6 Å². The number of carbonyl (C=O) groups excluding carboxylic acids is 2. The topological polar surface area (TPSA) is 77.3 Å². The SMILES string of the molecule is CC(=O)c1cc([N+](=O)[O-])c(C=O)cc1Cl. The van der Waals surface area contributed by atoms with Crippen LogP contribution in [0.25, 0.3) is 0 Å². The van der Waals surface area contributed by atoms with Crippen molar-refractivity contribution in [1.29, 1.82) is 0 Å². The molecule has 0 aliphatic carbocycles. The molecule has 0 saturated carbocycles. The Bertz CT molecular complexity index is 456. The highest BCUT2D eigenvalue weighted by Crippen LogP contribution is 2.26. The lowest BCUT2D eigenvalue weighted by Gasteiger charge is -2.01. The largest absolute Gasteiger partial charge is 0.298 e. The summed E-state index contributed by atoms with van der Waals surface area (Å²) in [7, 11) is 0. The predicted molar refractivity (Wildman–Crippen MR) is 53.5 cm³/mol. The molecule has 6 heteroatoms. The van der Waals surface area contributed by atoms with Crippen molar-refractivity contribution in [3.63, 3.8) is 0 Å². The van der Waals surface area contributed by atoms with Crippen LogP contribution < -0.4 is 0 Å². The lowest BCUT2D eigenvalue weighted by Crippen LogP contribution is -2.00. The molecule has 0 N–H and O–H groups in total. The number of nitro benzene ring substituents is 1. The second-order valence-electron chi connectivity index (χ2n) is 2.82. The zero-order chi connectivity index (χ0) is 11.6. The molecular formula is C9H6ClNO4. The van der Waals surface area contributed by atoms with E-state index in [0.29, 0.717) is 6.29 Å². The second-order valence-corrected chi connectivity index (χ2v) is 3.23. The minimum Gasteiger partial charge on any atom is -0.298 e. The lowest BCUT2D eigenvalue weighted by atomic mass is 10.1. The van der Waals surface area contributed by atoms with Gasteiger partial charge in [0.15, 0.2) is 12.1 Å². The summed E-state index contributed by atoms with van der Waals surface area (Å²) >= 11 is 5.68. The summed E-state index contributed by atoms with van der Waals surface area (Å²) in [5.41, 5.74) is -0.524. The molecule has 0 spiro atoms. The number of nitro groups is 1. The highest BCUT2D eigenvalue weighted by Gasteiger charge is 2.18. The van der Waals surface area contributed by atoms with E-state index >= 15 is 0 Å². The first kappa shape index (κ1) is 11.3. The van der Waals surface area contributed by atoms with Gasteiger partial charge in [0, 0.05) is 11.6 Å². The summed E-state index contributed by atoms with van der Waals surface area (Å²) in [5.74, 6) is -0.388. The number of hydrogen-bond donors (Lipinski definition) is 0. The maximum atomic E-state index is 11.0. The Morgan fingerprint density at radius 3 is 2.53 bits per heavy atom. The molecule has 1 aromatic rings. The fourth-order valence-electron chi connectivity index (χ4n) is 1.10. The minimum absolute atomic E-state index is 0.0361. The van der Waals surface area contributed by atoms with E-state index in [2.05, 4.69) is 0 Å². The first-order chi connectivity index (χ1) is 6.97. The highest BCUT2D eigenvalue weighted by atomic mass is 35.5. The number of halogens is 1. The van der Waals surface area contributed by atoms with Gasteiger partial charge in [0.25, 0.3) is 5.69 Å². The summed E-state index contributed by atoms with van der Waals surface area (Å²) in [5, 5.41) is 10.6. The summed E-state index contributed by atoms with van der Waals surface area (Å²) in [6.07, 6.45) is 0.327. The summed E-state index contributed by atoms with van der Waals surface area (Å²) in [6.45, 7) is 1.24. The van der Waals surface area contributed by atoms with Gasteiger partial charge in [-0.2, -0.15) is 0 Å². The van der Waals surface area contributed by atoms with Crippen LogP contribution in [0.15, 0.2) is 12.1 Å². The third kappa shape index (κ3) is 2.19. The zero-order valence-electron chi connectivity index (χ0n) is 7.69. The van der Waals surface area contributed by atoms with Gasteiger partial charge in [-0.1, -0.05) is 11.6 Å². The van der Waals surface area contributed by atoms with Gasteiger partial charge >= 0.3 is 0 Å². The Morgan fingerprint density at radius 1 is 1.53 bits per heavy atom. The van der Waals surface area contributed by atoms with E-state index in [0.717, 1.165) is 12.1 Å². The quantitative estimate of drug-likeness (QED) is 0.343. The molecule has 0 bridgehead atoms. The molecule has 15 heavy (non-hydrogen) atoms. The van der Waals surface area contributed by atoms with Crippen LogP contribution in [0.1, 0.15) is 27.6 Å². The normalized spacial score (nSPS) is 9.73. The average Bonchev–Trinajstić information content (AvgIpc) is 2.16. The Kier molecular flexibility index (Phi) is 3.16. The molecule has 5 nitrogen and oxygen atoms in total. The molecule has 0 fully saturated rings.